The van der Waals surface area contributed by atoms with Crippen molar-refractivity contribution in [2.75, 3.05) is 4.90 Å². The van der Waals surface area contributed by atoms with Gasteiger partial charge < -0.3 is 4.57 Å². The Hall–Kier alpha value is -4.00. The van der Waals surface area contributed by atoms with Crippen LogP contribution in [0.1, 0.15) is 5.56 Å². The van der Waals surface area contributed by atoms with E-state index in [0.29, 0.717) is 12.1 Å². The minimum Gasteiger partial charge on any atom is -0.343 e. The Balaban J connectivity index is 1.82. The number of pyridine rings is 1. The first-order valence-electron chi connectivity index (χ1n) is 8.60. The van der Waals surface area contributed by atoms with E-state index in [4.69, 9.17) is 0 Å². The smallest absolute Gasteiger partial charge is 0.336 e. The largest absolute Gasteiger partial charge is 0.343 e. The number of hydrogen-bond acceptors (Lipinski definition) is 4. The van der Waals surface area contributed by atoms with Crippen molar-refractivity contribution in [1.82, 2.24) is 14.9 Å². The van der Waals surface area contributed by atoms with Crippen molar-refractivity contribution in [2.45, 2.75) is 6.54 Å². The number of nitrogens with one attached hydrogen (secondary N) is 1. The first-order chi connectivity index (χ1) is 13.6. The lowest BCUT2D eigenvalue weighted by molar-refractivity contribution is -0.122. The molecule has 28 heavy (non-hydrogen) atoms. The predicted molar refractivity (Wildman–Crippen MR) is 105 cm³/mol. The maximum atomic E-state index is 12.9. The number of barbiturate groups is 1. The first-order valence-corrected chi connectivity index (χ1v) is 8.60. The van der Waals surface area contributed by atoms with Crippen molar-refractivity contribution < 1.29 is 14.4 Å². The molecule has 1 aromatic carbocycles. The van der Waals surface area contributed by atoms with Crippen LogP contribution in [0.4, 0.5) is 10.5 Å². The monoisotopic (exact) mass is 372 g/mol. The summed E-state index contributed by atoms with van der Waals surface area (Å²) < 4.78 is 1.98. The van der Waals surface area contributed by atoms with Crippen LogP contribution in [0.25, 0.3) is 17.0 Å². The van der Waals surface area contributed by atoms with E-state index < -0.39 is 17.8 Å². The zero-order valence-corrected chi connectivity index (χ0v) is 14.8. The number of nitrogens with zero attached hydrogens (tertiary/aromatic N) is 3. The number of amides is 4. The van der Waals surface area contributed by atoms with Crippen LogP contribution in [0.2, 0.25) is 0 Å². The van der Waals surface area contributed by atoms with Crippen molar-refractivity contribution in [2.24, 2.45) is 0 Å². The summed E-state index contributed by atoms with van der Waals surface area (Å²) in [5.74, 6) is -1.42. The number of anilines is 1. The second-order valence-electron chi connectivity index (χ2n) is 6.21. The molecule has 1 N–H and O–H groups in total. The fraction of sp³-hybridized carbons (Fsp3) is 0.0476. The fourth-order valence-corrected chi connectivity index (χ4v) is 3.21. The second kappa shape index (κ2) is 6.96. The number of fused-ring (bicyclic) bond motifs is 1. The van der Waals surface area contributed by atoms with Crippen molar-refractivity contribution in [1.29, 1.82) is 0 Å². The number of carbonyl (C=O) groups excluding carboxylic acids is 3. The third-order valence-electron chi connectivity index (χ3n) is 4.45. The zero-order chi connectivity index (χ0) is 19.7. The van der Waals surface area contributed by atoms with E-state index in [9.17, 15) is 14.4 Å². The van der Waals surface area contributed by atoms with Gasteiger partial charge in [-0.2, -0.15) is 0 Å². The standard InChI is InChI=1S/C21H16N4O3/c1-2-10-24-13-14(16-7-3-4-8-18(16)24)11-17-19(26)23-21(28)25(20(17)27)15-6-5-9-22-12-15/h2-9,11-13H,1,10H2,(H,23,26,28)/b17-11+. The molecule has 4 amide bonds. The van der Waals surface area contributed by atoms with E-state index >= 15 is 0 Å². The highest BCUT2D eigenvalue weighted by molar-refractivity contribution is 6.39. The van der Waals surface area contributed by atoms with Gasteiger partial charge in [-0.25, -0.2) is 9.69 Å². The van der Waals surface area contributed by atoms with Crippen LogP contribution in [0, 0.1) is 0 Å². The molecule has 4 rings (SSSR count). The zero-order valence-electron chi connectivity index (χ0n) is 14.8. The van der Waals surface area contributed by atoms with Crippen LogP contribution in [0.3, 0.4) is 0 Å². The Kier molecular flexibility index (Phi) is 4.33. The third-order valence-corrected chi connectivity index (χ3v) is 4.45. The summed E-state index contributed by atoms with van der Waals surface area (Å²) in [4.78, 5) is 42.4. The minimum absolute atomic E-state index is 0.120. The summed E-state index contributed by atoms with van der Waals surface area (Å²) in [7, 11) is 0. The SMILES string of the molecule is C=CCn1cc(/C=C2\C(=O)NC(=O)N(c3cccnc3)C2=O)c2ccccc21. The van der Waals surface area contributed by atoms with Crippen LogP contribution < -0.4 is 10.2 Å². The third kappa shape index (κ3) is 2.88. The molecule has 0 spiro atoms. The number of urea groups is 1. The number of allylic oxidation sites excluding steroid dienone is 1. The van der Waals surface area contributed by atoms with Crippen molar-refractivity contribution in [3.8, 4) is 0 Å². The molecule has 3 heterocycles. The van der Waals surface area contributed by atoms with Crippen molar-refractivity contribution in [3.05, 3.63) is 78.8 Å². The van der Waals surface area contributed by atoms with E-state index in [2.05, 4.69) is 16.9 Å². The molecule has 1 fully saturated rings. The second-order valence-corrected chi connectivity index (χ2v) is 6.21. The lowest BCUT2D eigenvalue weighted by Gasteiger charge is -2.25. The number of benzene rings is 1. The van der Waals surface area contributed by atoms with Gasteiger partial charge in [0, 0.05) is 35.4 Å². The van der Waals surface area contributed by atoms with Gasteiger partial charge in [0.2, 0.25) is 0 Å². The maximum absolute atomic E-state index is 12.9. The van der Waals surface area contributed by atoms with E-state index in [1.165, 1.54) is 18.5 Å². The van der Waals surface area contributed by atoms with Gasteiger partial charge >= 0.3 is 6.03 Å². The summed E-state index contributed by atoms with van der Waals surface area (Å²) in [6.45, 7) is 4.35. The van der Waals surface area contributed by atoms with Crippen LogP contribution in [0.15, 0.2) is 73.2 Å². The highest BCUT2D eigenvalue weighted by Crippen LogP contribution is 2.26. The topological polar surface area (TPSA) is 84.3 Å². The molecule has 2 aromatic heterocycles. The average molecular weight is 372 g/mol. The number of para-hydroxylation sites is 1. The van der Waals surface area contributed by atoms with Crippen molar-refractivity contribution in [3.63, 3.8) is 0 Å². The molecule has 0 bridgehead atoms. The molecule has 0 unspecified atom stereocenters. The molecule has 7 heteroatoms. The lowest BCUT2D eigenvalue weighted by atomic mass is 10.1. The summed E-state index contributed by atoms with van der Waals surface area (Å²) in [6.07, 6.45) is 8.05. The Morgan fingerprint density at radius 3 is 2.68 bits per heavy atom. The molecule has 0 aliphatic carbocycles. The van der Waals surface area contributed by atoms with Gasteiger partial charge in [0.15, 0.2) is 0 Å². The Morgan fingerprint density at radius 2 is 1.93 bits per heavy atom. The van der Waals surface area contributed by atoms with Crippen LogP contribution in [0.5, 0.6) is 0 Å². The van der Waals surface area contributed by atoms with Gasteiger partial charge in [-0.3, -0.25) is 19.9 Å². The molecular formula is C21H16N4O3. The van der Waals surface area contributed by atoms with Gasteiger partial charge in [-0.15, -0.1) is 6.58 Å². The number of aromatic nitrogens is 2. The minimum atomic E-state index is -0.797. The number of rotatable bonds is 4. The normalized spacial score (nSPS) is 15.9. The van der Waals surface area contributed by atoms with E-state index in [0.717, 1.165) is 15.8 Å². The summed E-state index contributed by atoms with van der Waals surface area (Å²) >= 11 is 0. The molecule has 1 aliphatic heterocycles. The summed E-state index contributed by atoms with van der Waals surface area (Å²) in [5.41, 5.74) is 1.83. The van der Waals surface area contributed by atoms with Gasteiger partial charge in [0.1, 0.15) is 5.57 Å². The highest BCUT2D eigenvalue weighted by Gasteiger charge is 2.37. The van der Waals surface area contributed by atoms with Gasteiger partial charge in [-0.1, -0.05) is 24.3 Å². The number of hydrogen-bond donors (Lipinski definition) is 1. The van der Waals surface area contributed by atoms with E-state index in [-0.39, 0.29) is 11.3 Å². The van der Waals surface area contributed by atoms with E-state index in [1.807, 2.05) is 35.0 Å². The van der Waals surface area contributed by atoms with Gasteiger partial charge in [-0.05, 0) is 24.3 Å². The lowest BCUT2D eigenvalue weighted by Crippen LogP contribution is -2.54. The van der Waals surface area contributed by atoms with Gasteiger partial charge in [0.25, 0.3) is 11.8 Å². The van der Waals surface area contributed by atoms with Crippen LogP contribution in [-0.2, 0) is 16.1 Å². The maximum Gasteiger partial charge on any atom is 0.336 e. The molecule has 0 saturated carbocycles. The highest BCUT2D eigenvalue weighted by atomic mass is 16.2. The number of carbonyl (C=O) groups is 3. The molecule has 138 valence electrons. The van der Waals surface area contributed by atoms with E-state index in [1.54, 1.807) is 18.2 Å². The van der Waals surface area contributed by atoms with Gasteiger partial charge in [0.05, 0.1) is 11.9 Å². The number of imide groups is 2. The molecule has 1 aliphatic rings. The summed E-state index contributed by atoms with van der Waals surface area (Å²) in [6, 6.07) is 10.1. The molecule has 7 nitrogen and oxygen atoms in total. The quantitative estimate of drug-likeness (QED) is 0.434. The molecule has 0 radical (unpaired) electrons. The van der Waals surface area contributed by atoms with Crippen LogP contribution >= 0.6 is 0 Å². The fourth-order valence-electron chi connectivity index (χ4n) is 3.21. The molecule has 0 atom stereocenters. The van der Waals surface area contributed by atoms with Crippen molar-refractivity contribution >= 4 is 40.5 Å². The first kappa shape index (κ1) is 17.4. The van der Waals surface area contributed by atoms with Crippen LogP contribution in [-0.4, -0.2) is 27.4 Å². The Labute approximate surface area is 160 Å². The Morgan fingerprint density at radius 1 is 1.11 bits per heavy atom. The molecular weight excluding hydrogens is 356 g/mol. The summed E-state index contributed by atoms with van der Waals surface area (Å²) in [5, 5.41) is 3.11. The molecule has 1 saturated heterocycles. The average Bonchev–Trinajstić information content (AvgIpc) is 3.04. The molecule has 3 aromatic rings. The Bertz CT molecular complexity index is 1140. The predicted octanol–water partition coefficient (Wildman–Crippen LogP) is 2.89.